The molecule has 3 nitrogen and oxygen atoms in total. The zero-order chi connectivity index (χ0) is 17.8. The highest BCUT2D eigenvalue weighted by atomic mass is 32.2. The van der Waals surface area contributed by atoms with Crippen molar-refractivity contribution >= 4 is 39.7 Å². The smallest absolute Gasteiger partial charge is 0.261 e. The Morgan fingerprint density at radius 3 is 2.96 bits per heavy atom. The molecule has 0 saturated heterocycles. The molecule has 2 heterocycles. The molecular weight excluding hydrogens is 360 g/mol. The minimum atomic E-state index is 0.0531. The number of benzene rings is 1. The maximum absolute atomic E-state index is 12.5. The van der Waals surface area contributed by atoms with Gasteiger partial charge >= 0.3 is 0 Å². The molecular formula is C21H24N2OS2. The number of thiophene rings is 1. The highest BCUT2D eigenvalue weighted by molar-refractivity contribution is 7.99. The van der Waals surface area contributed by atoms with Crippen molar-refractivity contribution in [2.45, 2.75) is 37.0 Å². The van der Waals surface area contributed by atoms with E-state index in [1.807, 2.05) is 17.8 Å². The van der Waals surface area contributed by atoms with Crippen molar-refractivity contribution in [3.8, 4) is 0 Å². The van der Waals surface area contributed by atoms with Crippen molar-refractivity contribution in [1.29, 1.82) is 0 Å². The van der Waals surface area contributed by atoms with Gasteiger partial charge in [0.25, 0.3) is 5.91 Å². The normalized spacial score (nSPS) is 16.8. The molecule has 26 heavy (non-hydrogen) atoms. The molecule has 1 aliphatic heterocycles. The maximum Gasteiger partial charge on any atom is 0.261 e. The number of amides is 1. The molecule has 0 fully saturated rings. The maximum atomic E-state index is 12.5. The van der Waals surface area contributed by atoms with Crippen LogP contribution in [0, 0.1) is 0 Å². The number of thioether (sulfide) groups is 1. The van der Waals surface area contributed by atoms with Crippen LogP contribution < -0.4 is 10.2 Å². The van der Waals surface area contributed by atoms with Crippen LogP contribution in [0.4, 0.5) is 10.7 Å². The Labute approximate surface area is 163 Å². The van der Waals surface area contributed by atoms with Gasteiger partial charge in [0.2, 0.25) is 0 Å². The molecule has 0 bridgehead atoms. The number of nitrogens with one attached hydrogen (secondary N) is 1. The van der Waals surface area contributed by atoms with Crippen molar-refractivity contribution < 1.29 is 4.79 Å². The summed E-state index contributed by atoms with van der Waals surface area (Å²) in [4.78, 5) is 16.9. The Balaban J connectivity index is 1.38. The van der Waals surface area contributed by atoms with E-state index in [0.29, 0.717) is 0 Å². The van der Waals surface area contributed by atoms with E-state index in [1.165, 1.54) is 41.8 Å². The minimum Gasteiger partial charge on any atom is -0.351 e. The molecule has 136 valence electrons. The van der Waals surface area contributed by atoms with Crippen LogP contribution in [0.3, 0.4) is 0 Å². The Morgan fingerprint density at radius 2 is 2.08 bits per heavy atom. The summed E-state index contributed by atoms with van der Waals surface area (Å²) in [6.07, 6.45) is 8.35. The van der Waals surface area contributed by atoms with Crippen molar-refractivity contribution in [1.82, 2.24) is 5.32 Å². The molecule has 5 heteroatoms. The number of hydrogen-bond donors (Lipinski definition) is 1. The topological polar surface area (TPSA) is 32.3 Å². The van der Waals surface area contributed by atoms with Crippen LogP contribution in [0.25, 0.3) is 0 Å². The van der Waals surface area contributed by atoms with Crippen LogP contribution in [0.2, 0.25) is 0 Å². The number of allylic oxidation sites excluding steroid dienone is 1. The molecule has 0 atom stereocenters. The summed E-state index contributed by atoms with van der Waals surface area (Å²) < 4.78 is 0. The van der Waals surface area contributed by atoms with Gasteiger partial charge in [-0.05, 0) is 56.4 Å². The first-order chi connectivity index (χ1) is 12.8. The quantitative estimate of drug-likeness (QED) is 0.680. The van der Waals surface area contributed by atoms with E-state index in [0.717, 1.165) is 35.1 Å². The van der Waals surface area contributed by atoms with E-state index in [-0.39, 0.29) is 5.91 Å². The summed E-state index contributed by atoms with van der Waals surface area (Å²) in [6, 6.07) is 12.5. The molecule has 1 aromatic heterocycles. The fourth-order valence-electron chi connectivity index (χ4n) is 3.55. The van der Waals surface area contributed by atoms with Crippen LogP contribution in [-0.2, 0) is 0 Å². The van der Waals surface area contributed by atoms with Gasteiger partial charge in [-0.15, -0.1) is 23.1 Å². The second-order valence-electron chi connectivity index (χ2n) is 6.72. The monoisotopic (exact) mass is 384 g/mol. The van der Waals surface area contributed by atoms with Crippen molar-refractivity contribution in [2.75, 3.05) is 23.7 Å². The predicted octanol–water partition coefficient (Wildman–Crippen LogP) is 5.61. The summed E-state index contributed by atoms with van der Waals surface area (Å²) >= 11 is 3.49. The number of anilines is 2. The van der Waals surface area contributed by atoms with Crippen LogP contribution in [0.15, 0.2) is 52.9 Å². The lowest BCUT2D eigenvalue weighted by Crippen LogP contribution is -2.24. The molecule has 1 N–H and O–H groups in total. The van der Waals surface area contributed by atoms with Gasteiger partial charge < -0.3 is 10.2 Å². The third kappa shape index (κ3) is 3.99. The number of rotatable bonds is 5. The Kier molecular flexibility index (Phi) is 5.65. The summed E-state index contributed by atoms with van der Waals surface area (Å²) in [7, 11) is 0. The summed E-state index contributed by atoms with van der Waals surface area (Å²) in [5.41, 5.74) is 2.76. The average molecular weight is 385 g/mol. The summed E-state index contributed by atoms with van der Waals surface area (Å²) in [6.45, 7) is 1.72. The fourth-order valence-corrected chi connectivity index (χ4v) is 5.51. The van der Waals surface area contributed by atoms with Crippen LogP contribution in [0.1, 0.15) is 41.8 Å². The zero-order valence-corrected chi connectivity index (χ0v) is 16.5. The molecule has 2 aliphatic rings. The van der Waals surface area contributed by atoms with E-state index in [2.05, 4.69) is 46.6 Å². The van der Waals surface area contributed by atoms with Gasteiger partial charge in [0.15, 0.2) is 0 Å². The first kappa shape index (κ1) is 17.7. The van der Waals surface area contributed by atoms with Crippen LogP contribution in [-0.4, -0.2) is 24.7 Å². The van der Waals surface area contributed by atoms with Gasteiger partial charge in [0, 0.05) is 23.7 Å². The predicted molar refractivity (Wildman–Crippen MR) is 112 cm³/mol. The number of para-hydroxylation sites is 1. The largest absolute Gasteiger partial charge is 0.351 e. The standard InChI is InChI=1S/C21H24N2OS2/c24-21(22-13-12-16-6-2-1-3-7-16)19-10-11-20(26-19)23-14-15-25-18-9-5-4-8-17(18)23/h4-6,8-11H,1-3,7,12-15H2,(H,22,24). The second kappa shape index (κ2) is 8.31. The highest BCUT2D eigenvalue weighted by Gasteiger charge is 2.20. The lowest BCUT2D eigenvalue weighted by molar-refractivity contribution is 0.0958. The van der Waals surface area contributed by atoms with E-state index >= 15 is 0 Å². The number of fused-ring (bicyclic) bond motifs is 1. The first-order valence-corrected chi connectivity index (χ1v) is 11.2. The molecule has 0 radical (unpaired) electrons. The number of carbonyl (C=O) groups is 1. The number of hydrogen-bond acceptors (Lipinski definition) is 4. The number of nitrogens with zero attached hydrogens (tertiary/aromatic N) is 1. The second-order valence-corrected chi connectivity index (χ2v) is 8.92. The lowest BCUT2D eigenvalue weighted by Gasteiger charge is -2.29. The molecule has 1 amide bonds. The third-order valence-corrected chi connectivity index (χ3v) is 7.08. The molecule has 1 aromatic carbocycles. The van der Waals surface area contributed by atoms with Gasteiger partial charge in [0.1, 0.15) is 0 Å². The molecule has 2 aromatic rings. The zero-order valence-electron chi connectivity index (χ0n) is 14.9. The van der Waals surface area contributed by atoms with E-state index in [9.17, 15) is 4.79 Å². The SMILES string of the molecule is O=C(NCCC1=CCCCC1)c1ccc(N2CCSc3ccccc32)s1. The average Bonchev–Trinajstić information content (AvgIpc) is 3.18. The van der Waals surface area contributed by atoms with E-state index in [4.69, 9.17) is 0 Å². The molecule has 0 spiro atoms. The Morgan fingerprint density at radius 1 is 1.15 bits per heavy atom. The first-order valence-electron chi connectivity index (χ1n) is 9.36. The third-order valence-electron chi connectivity index (χ3n) is 4.93. The molecule has 0 saturated carbocycles. The summed E-state index contributed by atoms with van der Waals surface area (Å²) in [5, 5.41) is 4.24. The van der Waals surface area contributed by atoms with E-state index < -0.39 is 0 Å². The van der Waals surface area contributed by atoms with Crippen LogP contribution in [0.5, 0.6) is 0 Å². The van der Waals surface area contributed by atoms with Crippen molar-refractivity contribution in [3.63, 3.8) is 0 Å². The van der Waals surface area contributed by atoms with Gasteiger partial charge in [-0.25, -0.2) is 0 Å². The van der Waals surface area contributed by atoms with Gasteiger partial charge in [-0.1, -0.05) is 23.8 Å². The van der Waals surface area contributed by atoms with Gasteiger partial charge in [-0.3, -0.25) is 4.79 Å². The van der Waals surface area contributed by atoms with Crippen LogP contribution >= 0.6 is 23.1 Å². The number of carbonyl (C=O) groups excluding carboxylic acids is 1. The lowest BCUT2D eigenvalue weighted by atomic mass is 9.97. The van der Waals surface area contributed by atoms with Crippen molar-refractivity contribution in [3.05, 3.63) is 52.9 Å². The van der Waals surface area contributed by atoms with Crippen molar-refractivity contribution in [2.24, 2.45) is 0 Å². The Bertz CT molecular complexity index is 812. The highest BCUT2D eigenvalue weighted by Crippen LogP contribution is 2.41. The molecule has 0 unspecified atom stereocenters. The Hall–Kier alpha value is -1.72. The van der Waals surface area contributed by atoms with Gasteiger partial charge in [0.05, 0.1) is 15.6 Å². The van der Waals surface area contributed by atoms with E-state index in [1.54, 1.807) is 11.3 Å². The van der Waals surface area contributed by atoms with Gasteiger partial charge in [-0.2, -0.15) is 0 Å². The molecule has 4 rings (SSSR count). The minimum absolute atomic E-state index is 0.0531. The fraction of sp³-hybridized carbons (Fsp3) is 0.381. The summed E-state index contributed by atoms with van der Waals surface area (Å²) in [5.74, 6) is 1.13. The molecule has 1 aliphatic carbocycles.